The van der Waals surface area contributed by atoms with Gasteiger partial charge in [0.25, 0.3) is 0 Å². The summed E-state index contributed by atoms with van der Waals surface area (Å²) in [5, 5.41) is 19.5. The molecule has 1 heterocycles. The highest BCUT2D eigenvalue weighted by Gasteiger charge is 2.12. The number of hydrogen-bond donors (Lipinski definition) is 3. The molecule has 0 unspecified atom stereocenters. The second-order valence-electron chi connectivity index (χ2n) is 6.83. The summed E-state index contributed by atoms with van der Waals surface area (Å²) in [6.45, 7) is 1.83. The highest BCUT2D eigenvalue weighted by Crippen LogP contribution is 2.21. The summed E-state index contributed by atoms with van der Waals surface area (Å²) in [4.78, 5) is 12.0. The largest absolute Gasteiger partial charge is 0.360 e. The number of rotatable bonds is 9. The minimum Gasteiger partial charge on any atom is -0.360 e. The minimum absolute atomic E-state index is 0.265. The molecule has 1 aliphatic carbocycles. The average molecular weight is 420 g/mol. The van der Waals surface area contributed by atoms with Crippen LogP contribution >= 0.6 is 22.9 Å². The van der Waals surface area contributed by atoms with Crippen molar-refractivity contribution in [2.24, 2.45) is 0 Å². The van der Waals surface area contributed by atoms with E-state index in [1.807, 2.05) is 18.2 Å². The minimum atomic E-state index is -0.265. The number of anilines is 2. The van der Waals surface area contributed by atoms with Gasteiger partial charge in [-0.05, 0) is 43.5 Å². The first-order chi connectivity index (χ1) is 13.7. The lowest BCUT2D eigenvalue weighted by Gasteiger charge is -2.22. The summed E-state index contributed by atoms with van der Waals surface area (Å²) in [5.74, 6) is -0.265. The van der Waals surface area contributed by atoms with Crippen molar-refractivity contribution in [1.82, 2.24) is 15.5 Å². The summed E-state index contributed by atoms with van der Waals surface area (Å²) in [6, 6.07) is 8.04. The Kier molecular flexibility index (Phi) is 8.26. The van der Waals surface area contributed by atoms with Crippen LogP contribution in [0.1, 0.15) is 44.1 Å². The van der Waals surface area contributed by atoms with Crippen LogP contribution in [0.3, 0.4) is 0 Å². The number of nitrogens with one attached hydrogen (secondary N) is 3. The average Bonchev–Trinajstić information content (AvgIpc) is 3.15. The molecular weight excluding hydrogens is 394 g/mol. The number of carbonyl (C=O) groups excluding carboxylic acids is 1. The molecule has 1 aromatic carbocycles. The van der Waals surface area contributed by atoms with E-state index in [4.69, 9.17) is 11.6 Å². The molecule has 28 heavy (non-hydrogen) atoms. The maximum atomic E-state index is 12.0. The normalized spacial score (nSPS) is 15.0. The van der Waals surface area contributed by atoms with Crippen molar-refractivity contribution in [3.8, 4) is 0 Å². The summed E-state index contributed by atoms with van der Waals surface area (Å²) in [6.07, 6.45) is 10.8. The molecule has 1 fully saturated rings. The molecule has 3 rings (SSSR count). The van der Waals surface area contributed by atoms with E-state index in [9.17, 15) is 4.79 Å². The zero-order valence-electron chi connectivity index (χ0n) is 15.8. The van der Waals surface area contributed by atoms with Crippen LogP contribution < -0.4 is 16.0 Å². The smallest absolute Gasteiger partial charge is 0.250 e. The molecule has 3 N–H and O–H groups in total. The van der Waals surface area contributed by atoms with Gasteiger partial charge in [0.15, 0.2) is 0 Å². The van der Waals surface area contributed by atoms with Gasteiger partial charge >= 0.3 is 0 Å². The van der Waals surface area contributed by atoms with E-state index in [1.54, 1.807) is 12.1 Å². The van der Waals surface area contributed by atoms with Gasteiger partial charge in [0.1, 0.15) is 0 Å². The molecule has 1 amide bonds. The monoisotopic (exact) mass is 419 g/mol. The van der Waals surface area contributed by atoms with E-state index in [0.29, 0.717) is 21.3 Å². The lowest BCUT2D eigenvalue weighted by molar-refractivity contribution is -0.111. The van der Waals surface area contributed by atoms with Crippen LogP contribution in [-0.2, 0) is 4.79 Å². The number of hydrogen-bond acceptors (Lipinski definition) is 6. The number of carbonyl (C=O) groups is 1. The molecule has 8 heteroatoms. The number of halogens is 1. The first kappa shape index (κ1) is 20.8. The number of nitrogens with zero attached hydrogens (tertiary/aromatic N) is 2. The zero-order chi connectivity index (χ0) is 19.6. The SMILES string of the molecule is O=C(/C=C/c1ccccc1Cl)Nc1nnc(NCCCNC2CCCCC2)s1. The Bertz CT molecular complexity index is 788. The van der Waals surface area contributed by atoms with Crippen LogP contribution in [-0.4, -0.2) is 35.2 Å². The zero-order valence-corrected chi connectivity index (χ0v) is 17.4. The predicted molar refractivity (Wildman–Crippen MR) is 117 cm³/mol. The third-order valence-electron chi connectivity index (χ3n) is 4.64. The topological polar surface area (TPSA) is 78.9 Å². The van der Waals surface area contributed by atoms with E-state index < -0.39 is 0 Å². The fourth-order valence-electron chi connectivity index (χ4n) is 3.16. The summed E-state index contributed by atoms with van der Waals surface area (Å²) >= 11 is 7.40. The molecule has 150 valence electrons. The number of amides is 1. The molecule has 0 radical (unpaired) electrons. The van der Waals surface area contributed by atoms with E-state index in [-0.39, 0.29) is 5.91 Å². The Morgan fingerprint density at radius 2 is 1.93 bits per heavy atom. The first-order valence-corrected chi connectivity index (χ1v) is 10.9. The molecule has 0 bridgehead atoms. The summed E-state index contributed by atoms with van der Waals surface area (Å²) < 4.78 is 0. The van der Waals surface area contributed by atoms with Crippen molar-refractivity contribution in [2.75, 3.05) is 23.7 Å². The first-order valence-electron chi connectivity index (χ1n) is 9.75. The molecule has 1 saturated carbocycles. The Morgan fingerprint density at radius 3 is 2.75 bits per heavy atom. The van der Waals surface area contributed by atoms with E-state index in [1.165, 1.54) is 49.5 Å². The maximum Gasteiger partial charge on any atom is 0.250 e. The molecule has 6 nitrogen and oxygen atoms in total. The fourth-order valence-corrected chi connectivity index (χ4v) is 4.04. The Labute approximate surface area is 174 Å². The molecule has 2 aromatic rings. The van der Waals surface area contributed by atoms with Gasteiger partial charge in [-0.25, -0.2) is 0 Å². The van der Waals surface area contributed by atoms with Crippen LogP contribution in [0.2, 0.25) is 5.02 Å². The van der Waals surface area contributed by atoms with Gasteiger partial charge in [-0.2, -0.15) is 0 Å². The Balaban J connectivity index is 1.35. The number of aromatic nitrogens is 2. The van der Waals surface area contributed by atoms with Crippen LogP contribution in [0, 0.1) is 0 Å². The Hall–Kier alpha value is -1.96. The summed E-state index contributed by atoms with van der Waals surface area (Å²) in [5.41, 5.74) is 0.792. The van der Waals surface area contributed by atoms with Gasteiger partial charge in [0.2, 0.25) is 16.2 Å². The predicted octanol–water partition coefficient (Wildman–Crippen LogP) is 4.57. The maximum absolute atomic E-state index is 12.0. The molecule has 0 aliphatic heterocycles. The quantitative estimate of drug-likeness (QED) is 0.410. The van der Waals surface area contributed by atoms with Crippen molar-refractivity contribution >= 4 is 45.2 Å². The summed E-state index contributed by atoms with van der Waals surface area (Å²) in [7, 11) is 0. The van der Waals surface area contributed by atoms with Gasteiger partial charge in [-0.15, -0.1) is 10.2 Å². The van der Waals surface area contributed by atoms with Crippen LogP contribution in [0.15, 0.2) is 30.3 Å². The molecule has 1 aromatic heterocycles. The van der Waals surface area contributed by atoms with Crippen molar-refractivity contribution < 1.29 is 4.79 Å². The van der Waals surface area contributed by atoms with Crippen LogP contribution in [0.5, 0.6) is 0 Å². The lowest BCUT2D eigenvalue weighted by Crippen LogP contribution is -2.32. The van der Waals surface area contributed by atoms with Gasteiger partial charge < -0.3 is 10.6 Å². The highest BCUT2D eigenvalue weighted by molar-refractivity contribution is 7.19. The fraction of sp³-hybridized carbons (Fsp3) is 0.450. The van der Waals surface area contributed by atoms with Gasteiger partial charge in [0.05, 0.1) is 0 Å². The van der Waals surface area contributed by atoms with Crippen LogP contribution in [0.4, 0.5) is 10.3 Å². The third-order valence-corrected chi connectivity index (χ3v) is 5.78. The van der Waals surface area contributed by atoms with Gasteiger partial charge in [-0.3, -0.25) is 10.1 Å². The number of benzene rings is 1. The highest BCUT2D eigenvalue weighted by atomic mass is 35.5. The van der Waals surface area contributed by atoms with Crippen molar-refractivity contribution in [3.05, 3.63) is 40.9 Å². The molecule has 1 aliphatic rings. The third kappa shape index (κ3) is 6.89. The lowest BCUT2D eigenvalue weighted by atomic mass is 9.95. The van der Waals surface area contributed by atoms with Gasteiger partial charge in [-0.1, -0.05) is 60.4 Å². The van der Waals surface area contributed by atoms with Crippen molar-refractivity contribution in [1.29, 1.82) is 0 Å². The van der Waals surface area contributed by atoms with E-state index >= 15 is 0 Å². The van der Waals surface area contributed by atoms with E-state index in [0.717, 1.165) is 25.1 Å². The molecular formula is C20H26ClN5OS. The second kappa shape index (κ2) is 11.1. The molecule has 0 spiro atoms. The Morgan fingerprint density at radius 1 is 1.14 bits per heavy atom. The van der Waals surface area contributed by atoms with Crippen molar-refractivity contribution in [2.45, 2.75) is 44.6 Å². The second-order valence-corrected chi connectivity index (χ2v) is 8.21. The van der Waals surface area contributed by atoms with E-state index in [2.05, 4.69) is 26.1 Å². The van der Waals surface area contributed by atoms with Gasteiger partial charge in [0, 0.05) is 23.7 Å². The van der Waals surface area contributed by atoms with Crippen molar-refractivity contribution in [3.63, 3.8) is 0 Å². The molecule has 0 atom stereocenters. The van der Waals surface area contributed by atoms with Crippen LogP contribution in [0.25, 0.3) is 6.08 Å². The standard InChI is InChI=1S/C20H26ClN5OS/c21-17-10-5-4-7-15(17)11-12-18(27)24-20-26-25-19(28-20)23-14-6-13-22-16-8-2-1-3-9-16/h4-5,7,10-12,16,22H,1-3,6,8-9,13-14H2,(H,23,25)(H,24,26,27)/b12-11+. The molecule has 0 saturated heterocycles.